The second-order valence-corrected chi connectivity index (χ2v) is 6.24. The zero-order valence-electron chi connectivity index (χ0n) is 13.3. The molecule has 2 heterocycles. The first-order valence-corrected chi connectivity index (χ1v) is 8.60. The summed E-state index contributed by atoms with van der Waals surface area (Å²) in [6.45, 7) is 2.75. The number of aromatic nitrogens is 3. The van der Waals surface area contributed by atoms with Crippen molar-refractivity contribution in [3.05, 3.63) is 62.7 Å². The molecule has 0 saturated carbocycles. The lowest BCUT2D eigenvalue weighted by Crippen LogP contribution is -2.18. The molecular formula is C17H18N4O2S. The van der Waals surface area contributed by atoms with Crippen molar-refractivity contribution in [2.45, 2.75) is 19.8 Å². The highest BCUT2D eigenvalue weighted by molar-refractivity contribution is 7.09. The van der Waals surface area contributed by atoms with Crippen molar-refractivity contribution in [1.29, 1.82) is 0 Å². The van der Waals surface area contributed by atoms with E-state index in [0.717, 1.165) is 22.7 Å². The van der Waals surface area contributed by atoms with Gasteiger partial charge in [0.15, 0.2) is 0 Å². The van der Waals surface area contributed by atoms with E-state index in [1.165, 1.54) is 0 Å². The molecule has 1 aromatic carbocycles. The summed E-state index contributed by atoms with van der Waals surface area (Å²) in [7, 11) is 0. The zero-order chi connectivity index (χ0) is 16.8. The second-order valence-electron chi connectivity index (χ2n) is 5.20. The van der Waals surface area contributed by atoms with Crippen LogP contribution in [0.3, 0.4) is 0 Å². The molecule has 2 aromatic heterocycles. The van der Waals surface area contributed by atoms with Gasteiger partial charge in [-0.05, 0) is 42.1 Å². The van der Waals surface area contributed by atoms with Crippen LogP contribution in [0.1, 0.15) is 23.9 Å². The van der Waals surface area contributed by atoms with Crippen LogP contribution < -0.4 is 15.6 Å². The molecule has 0 fully saturated rings. The van der Waals surface area contributed by atoms with Crippen molar-refractivity contribution in [2.75, 3.05) is 11.9 Å². The minimum Gasteiger partial charge on any atom is -0.494 e. The monoisotopic (exact) mass is 342 g/mol. The van der Waals surface area contributed by atoms with E-state index in [2.05, 4.69) is 27.4 Å². The Morgan fingerprint density at radius 1 is 1.21 bits per heavy atom. The summed E-state index contributed by atoms with van der Waals surface area (Å²) < 4.78 is 5.53. The van der Waals surface area contributed by atoms with E-state index < -0.39 is 0 Å². The average Bonchev–Trinajstić information content (AvgIpc) is 3.10. The quantitative estimate of drug-likeness (QED) is 0.688. The molecule has 0 aliphatic carbocycles. The van der Waals surface area contributed by atoms with Crippen LogP contribution in [0.2, 0.25) is 0 Å². The van der Waals surface area contributed by atoms with Gasteiger partial charge in [-0.25, -0.2) is 0 Å². The number of nitrogens with one attached hydrogen (secondary N) is 2. The Morgan fingerprint density at radius 2 is 2.04 bits per heavy atom. The molecule has 7 heteroatoms. The normalized spacial score (nSPS) is 10.5. The molecule has 0 radical (unpaired) electrons. The standard InChI is InChI=1S/C17H18N4O2S/c1-2-9-23-13-7-5-12(6-8-13)18-17-19-16(22)15(20-21-17)11-14-4-3-10-24-14/h3-8,10H,2,9,11H2,1H3,(H2,18,19,21,22). The number of hydrogen-bond donors (Lipinski definition) is 2. The lowest BCUT2D eigenvalue weighted by Gasteiger charge is -2.07. The SMILES string of the molecule is CCCOc1ccc(Nc2nnc(Cc3cccs3)c(=O)[nH]2)cc1. The molecule has 124 valence electrons. The Morgan fingerprint density at radius 3 is 2.71 bits per heavy atom. The molecule has 0 aliphatic heterocycles. The minimum absolute atomic E-state index is 0.233. The third-order valence-electron chi connectivity index (χ3n) is 3.28. The molecule has 0 bridgehead atoms. The van der Waals surface area contributed by atoms with Crippen LogP contribution in [0.15, 0.2) is 46.6 Å². The smallest absolute Gasteiger partial charge is 0.274 e. The predicted molar refractivity (Wildman–Crippen MR) is 95.3 cm³/mol. The molecule has 2 N–H and O–H groups in total. The largest absolute Gasteiger partial charge is 0.494 e. The van der Waals surface area contributed by atoms with Gasteiger partial charge in [0.05, 0.1) is 6.61 Å². The third kappa shape index (κ3) is 4.20. The summed E-state index contributed by atoms with van der Waals surface area (Å²) in [6.07, 6.45) is 1.46. The molecule has 3 rings (SSSR count). The lowest BCUT2D eigenvalue weighted by atomic mass is 10.3. The van der Waals surface area contributed by atoms with Crippen molar-refractivity contribution < 1.29 is 4.74 Å². The number of rotatable bonds is 7. The number of anilines is 2. The van der Waals surface area contributed by atoms with Crippen molar-refractivity contribution in [3.8, 4) is 5.75 Å². The zero-order valence-corrected chi connectivity index (χ0v) is 14.1. The molecule has 0 saturated heterocycles. The van der Waals surface area contributed by atoms with E-state index >= 15 is 0 Å². The molecule has 6 nitrogen and oxygen atoms in total. The van der Waals surface area contributed by atoms with E-state index in [1.54, 1.807) is 11.3 Å². The Hall–Kier alpha value is -2.67. The van der Waals surface area contributed by atoms with Gasteiger partial charge in [-0.2, -0.15) is 0 Å². The summed E-state index contributed by atoms with van der Waals surface area (Å²) in [5, 5.41) is 13.1. The third-order valence-corrected chi connectivity index (χ3v) is 4.15. The van der Waals surface area contributed by atoms with Crippen molar-refractivity contribution in [3.63, 3.8) is 0 Å². The topological polar surface area (TPSA) is 79.9 Å². The Labute approximate surface area is 143 Å². The number of H-pyrrole nitrogens is 1. The first-order chi connectivity index (χ1) is 11.7. The highest BCUT2D eigenvalue weighted by Gasteiger charge is 2.07. The van der Waals surface area contributed by atoms with Crippen LogP contribution in [0.4, 0.5) is 11.6 Å². The maximum Gasteiger partial charge on any atom is 0.274 e. The molecule has 0 spiro atoms. The van der Waals surface area contributed by atoms with Gasteiger partial charge in [0, 0.05) is 17.0 Å². The maximum atomic E-state index is 12.1. The lowest BCUT2D eigenvalue weighted by molar-refractivity contribution is 0.317. The van der Waals surface area contributed by atoms with Crippen LogP contribution in [-0.2, 0) is 6.42 Å². The summed E-state index contributed by atoms with van der Waals surface area (Å²) in [6, 6.07) is 11.4. The molecule has 24 heavy (non-hydrogen) atoms. The van der Waals surface area contributed by atoms with Gasteiger partial charge in [-0.15, -0.1) is 21.5 Å². The molecule has 0 amide bonds. The fourth-order valence-corrected chi connectivity index (χ4v) is 2.81. The van der Waals surface area contributed by atoms with Crippen molar-refractivity contribution in [1.82, 2.24) is 15.2 Å². The predicted octanol–water partition coefficient (Wildman–Crippen LogP) is 3.35. The van der Waals surface area contributed by atoms with Gasteiger partial charge >= 0.3 is 0 Å². The van der Waals surface area contributed by atoms with Crippen LogP contribution in [0, 0.1) is 0 Å². The van der Waals surface area contributed by atoms with Gasteiger partial charge < -0.3 is 10.1 Å². The van der Waals surface area contributed by atoms with Gasteiger partial charge in [-0.3, -0.25) is 9.78 Å². The van der Waals surface area contributed by atoms with Gasteiger partial charge in [0.1, 0.15) is 11.4 Å². The van der Waals surface area contributed by atoms with Crippen LogP contribution in [-0.4, -0.2) is 21.8 Å². The van der Waals surface area contributed by atoms with E-state index in [0.29, 0.717) is 24.7 Å². The summed E-state index contributed by atoms with van der Waals surface area (Å²) in [4.78, 5) is 15.9. The summed E-state index contributed by atoms with van der Waals surface area (Å²) >= 11 is 1.59. The van der Waals surface area contributed by atoms with Gasteiger partial charge in [0.2, 0.25) is 5.95 Å². The number of benzene rings is 1. The summed E-state index contributed by atoms with van der Waals surface area (Å²) in [5.74, 6) is 1.13. The first-order valence-electron chi connectivity index (χ1n) is 7.72. The average molecular weight is 342 g/mol. The van der Waals surface area contributed by atoms with Crippen molar-refractivity contribution in [2.24, 2.45) is 0 Å². The molecule has 0 atom stereocenters. The second kappa shape index (κ2) is 7.74. The fraction of sp³-hybridized carbons (Fsp3) is 0.235. The van der Waals surface area contributed by atoms with Crippen LogP contribution >= 0.6 is 11.3 Å². The van der Waals surface area contributed by atoms with E-state index in [1.807, 2.05) is 41.8 Å². The number of hydrogen-bond acceptors (Lipinski definition) is 6. The molecular weight excluding hydrogens is 324 g/mol. The minimum atomic E-state index is -0.233. The van der Waals surface area contributed by atoms with E-state index in [9.17, 15) is 4.79 Å². The molecule has 0 unspecified atom stereocenters. The Bertz CT molecular complexity index is 829. The number of aromatic amines is 1. The summed E-state index contributed by atoms with van der Waals surface area (Å²) in [5.41, 5.74) is 0.977. The fourth-order valence-electron chi connectivity index (χ4n) is 2.10. The van der Waals surface area contributed by atoms with Gasteiger partial charge in [0.25, 0.3) is 5.56 Å². The molecule has 3 aromatic rings. The Kier molecular flexibility index (Phi) is 5.22. The van der Waals surface area contributed by atoms with Gasteiger partial charge in [-0.1, -0.05) is 13.0 Å². The van der Waals surface area contributed by atoms with Crippen LogP contribution in [0.5, 0.6) is 5.75 Å². The van der Waals surface area contributed by atoms with Crippen molar-refractivity contribution >= 4 is 23.0 Å². The number of nitrogens with zero attached hydrogens (tertiary/aromatic N) is 2. The molecule has 0 aliphatic rings. The highest BCUT2D eigenvalue weighted by atomic mass is 32.1. The van der Waals surface area contributed by atoms with Crippen LogP contribution in [0.25, 0.3) is 0 Å². The maximum absolute atomic E-state index is 12.1. The number of thiophene rings is 1. The van der Waals surface area contributed by atoms with E-state index in [-0.39, 0.29) is 5.56 Å². The highest BCUT2D eigenvalue weighted by Crippen LogP contribution is 2.18. The number of ether oxygens (including phenoxy) is 1. The first kappa shape index (κ1) is 16.2. The van der Waals surface area contributed by atoms with E-state index in [4.69, 9.17) is 4.74 Å². The Balaban J connectivity index is 1.67.